The highest BCUT2D eigenvalue weighted by molar-refractivity contribution is 7.99. The molecule has 0 spiro atoms. The van der Waals surface area contributed by atoms with Crippen molar-refractivity contribution in [1.82, 2.24) is 15.5 Å². The number of carbonyl (C=O) groups is 2. The second kappa shape index (κ2) is 10.8. The fourth-order valence-electron chi connectivity index (χ4n) is 3.07. The van der Waals surface area contributed by atoms with Crippen molar-refractivity contribution >= 4 is 39.9 Å². The van der Waals surface area contributed by atoms with Crippen LogP contribution in [0, 0.1) is 16.0 Å². The molecule has 28 heavy (non-hydrogen) atoms. The van der Waals surface area contributed by atoms with Crippen LogP contribution >= 0.6 is 23.1 Å². The van der Waals surface area contributed by atoms with E-state index in [0.717, 1.165) is 35.9 Å². The SMILES string of the molecule is CC(C)CC(CNC(=O)C(C)N1CCSCC1)NC(=O)c1ccc([N+](=O)[O-])s1. The summed E-state index contributed by atoms with van der Waals surface area (Å²) in [6.45, 7) is 8.15. The lowest BCUT2D eigenvalue weighted by molar-refractivity contribution is -0.380. The summed E-state index contributed by atoms with van der Waals surface area (Å²) in [4.78, 5) is 37.7. The quantitative estimate of drug-likeness (QED) is 0.462. The highest BCUT2D eigenvalue weighted by atomic mass is 32.2. The molecule has 2 atom stereocenters. The minimum Gasteiger partial charge on any atom is -0.353 e. The average Bonchev–Trinajstić information content (AvgIpc) is 3.16. The molecule has 0 radical (unpaired) electrons. The number of nitro groups is 1. The van der Waals surface area contributed by atoms with Gasteiger partial charge < -0.3 is 10.6 Å². The topological polar surface area (TPSA) is 105 Å². The number of carbonyl (C=O) groups excluding carboxylic acids is 2. The van der Waals surface area contributed by atoms with Gasteiger partial charge in [0.1, 0.15) is 0 Å². The number of nitrogens with zero attached hydrogens (tertiary/aromatic N) is 2. The third-order valence-electron chi connectivity index (χ3n) is 4.58. The summed E-state index contributed by atoms with van der Waals surface area (Å²) in [6, 6.07) is 2.36. The lowest BCUT2D eigenvalue weighted by Gasteiger charge is -2.31. The molecule has 0 saturated carbocycles. The Hall–Kier alpha value is -1.65. The Morgan fingerprint density at radius 2 is 1.93 bits per heavy atom. The van der Waals surface area contributed by atoms with E-state index >= 15 is 0 Å². The zero-order valence-corrected chi connectivity index (χ0v) is 18.1. The highest BCUT2D eigenvalue weighted by Gasteiger charge is 2.24. The molecule has 1 aromatic rings. The average molecular weight is 429 g/mol. The van der Waals surface area contributed by atoms with Crippen LogP contribution in [0.25, 0.3) is 0 Å². The van der Waals surface area contributed by atoms with E-state index in [1.807, 2.05) is 32.5 Å². The van der Waals surface area contributed by atoms with Crippen LogP contribution in [0.3, 0.4) is 0 Å². The minimum absolute atomic E-state index is 0.0401. The van der Waals surface area contributed by atoms with Crippen molar-refractivity contribution in [3.8, 4) is 0 Å². The summed E-state index contributed by atoms with van der Waals surface area (Å²) in [5.41, 5.74) is 0. The van der Waals surface area contributed by atoms with E-state index in [1.54, 1.807) is 0 Å². The number of thiophene rings is 1. The van der Waals surface area contributed by atoms with Gasteiger partial charge in [0.2, 0.25) is 5.91 Å². The lowest BCUT2D eigenvalue weighted by atomic mass is 10.0. The Labute approximate surface area is 173 Å². The van der Waals surface area contributed by atoms with Gasteiger partial charge in [0.25, 0.3) is 5.91 Å². The minimum atomic E-state index is -0.506. The van der Waals surface area contributed by atoms with E-state index < -0.39 is 4.92 Å². The molecule has 1 aliphatic rings. The van der Waals surface area contributed by atoms with Crippen LogP contribution < -0.4 is 10.6 Å². The van der Waals surface area contributed by atoms with Crippen LogP contribution in [0.4, 0.5) is 5.00 Å². The van der Waals surface area contributed by atoms with Gasteiger partial charge in [0, 0.05) is 43.2 Å². The predicted octanol–water partition coefficient (Wildman–Crippen LogP) is 2.35. The zero-order valence-electron chi connectivity index (χ0n) is 16.5. The molecule has 0 bridgehead atoms. The molecule has 0 aliphatic carbocycles. The Morgan fingerprint density at radius 1 is 1.25 bits per heavy atom. The second-order valence-electron chi connectivity index (χ2n) is 7.26. The molecule has 1 fully saturated rings. The van der Waals surface area contributed by atoms with Crippen LogP contribution in [0.1, 0.15) is 36.9 Å². The van der Waals surface area contributed by atoms with E-state index in [-0.39, 0.29) is 28.9 Å². The summed E-state index contributed by atoms with van der Waals surface area (Å²) >= 11 is 2.75. The smallest absolute Gasteiger partial charge is 0.324 e. The van der Waals surface area contributed by atoms with Gasteiger partial charge in [-0.1, -0.05) is 25.2 Å². The first-order chi connectivity index (χ1) is 13.3. The standard InChI is InChI=1S/C18H28N4O4S2/c1-12(2)10-14(20-18(24)15-4-5-16(28-15)22(25)26)11-19-17(23)13(3)21-6-8-27-9-7-21/h4-5,12-14H,6-11H2,1-3H3,(H,19,23)(H,20,24). The highest BCUT2D eigenvalue weighted by Crippen LogP contribution is 2.24. The number of hydrogen-bond acceptors (Lipinski definition) is 7. The van der Waals surface area contributed by atoms with Crippen LogP contribution in [0.15, 0.2) is 12.1 Å². The Balaban J connectivity index is 1.91. The van der Waals surface area contributed by atoms with Crippen molar-refractivity contribution in [2.45, 2.75) is 39.3 Å². The van der Waals surface area contributed by atoms with Gasteiger partial charge in [-0.25, -0.2) is 0 Å². The summed E-state index contributed by atoms with van der Waals surface area (Å²) < 4.78 is 0. The summed E-state index contributed by atoms with van der Waals surface area (Å²) in [5.74, 6) is 2.02. The molecule has 1 aliphatic heterocycles. The predicted molar refractivity (Wildman–Crippen MR) is 113 cm³/mol. The van der Waals surface area contributed by atoms with Gasteiger partial charge in [0.15, 0.2) is 0 Å². The Morgan fingerprint density at radius 3 is 2.50 bits per heavy atom. The van der Waals surface area contributed by atoms with Crippen molar-refractivity contribution in [3.63, 3.8) is 0 Å². The molecule has 8 nitrogen and oxygen atoms in total. The van der Waals surface area contributed by atoms with Crippen molar-refractivity contribution in [2.75, 3.05) is 31.1 Å². The Bertz CT molecular complexity index is 689. The van der Waals surface area contributed by atoms with Gasteiger partial charge in [-0.15, -0.1) is 0 Å². The van der Waals surface area contributed by atoms with E-state index in [1.165, 1.54) is 12.1 Å². The molecular weight excluding hydrogens is 400 g/mol. The third kappa shape index (κ3) is 6.75. The molecule has 2 N–H and O–H groups in total. The van der Waals surface area contributed by atoms with E-state index in [4.69, 9.17) is 0 Å². The fraction of sp³-hybridized carbons (Fsp3) is 0.667. The maximum Gasteiger partial charge on any atom is 0.324 e. The van der Waals surface area contributed by atoms with E-state index in [9.17, 15) is 19.7 Å². The van der Waals surface area contributed by atoms with E-state index in [2.05, 4.69) is 15.5 Å². The number of rotatable bonds is 9. The van der Waals surface area contributed by atoms with Crippen molar-refractivity contribution in [1.29, 1.82) is 0 Å². The molecule has 2 unspecified atom stereocenters. The largest absolute Gasteiger partial charge is 0.353 e. The van der Waals surface area contributed by atoms with E-state index in [0.29, 0.717) is 23.8 Å². The third-order valence-corrected chi connectivity index (χ3v) is 6.56. The summed E-state index contributed by atoms with van der Waals surface area (Å²) in [7, 11) is 0. The summed E-state index contributed by atoms with van der Waals surface area (Å²) in [5, 5.41) is 16.6. The number of thioether (sulfide) groups is 1. The number of nitrogens with one attached hydrogen (secondary N) is 2. The zero-order chi connectivity index (χ0) is 20.7. The molecule has 0 aromatic carbocycles. The van der Waals surface area contributed by atoms with Crippen LogP contribution in [-0.4, -0.2) is 64.9 Å². The van der Waals surface area contributed by atoms with Crippen LogP contribution in [0.5, 0.6) is 0 Å². The molecule has 156 valence electrons. The van der Waals surface area contributed by atoms with Gasteiger partial charge in [-0.05, 0) is 25.3 Å². The molecule has 1 aromatic heterocycles. The number of amides is 2. The van der Waals surface area contributed by atoms with Crippen molar-refractivity contribution in [3.05, 3.63) is 27.1 Å². The van der Waals surface area contributed by atoms with Crippen molar-refractivity contribution in [2.24, 2.45) is 5.92 Å². The monoisotopic (exact) mass is 428 g/mol. The fourth-order valence-corrected chi connectivity index (χ4v) is 4.72. The molecule has 2 rings (SSSR count). The lowest BCUT2D eigenvalue weighted by Crippen LogP contribution is -2.51. The van der Waals surface area contributed by atoms with Gasteiger partial charge in [-0.2, -0.15) is 11.8 Å². The first-order valence-corrected chi connectivity index (χ1v) is 11.4. The van der Waals surface area contributed by atoms with Gasteiger partial charge in [-0.3, -0.25) is 24.6 Å². The van der Waals surface area contributed by atoms with Crippen LogP contribution in [0.2, 0.25) is 0 Å². The Kier molecular flexibility index (Phi) is 8.71. The molecule has 1 saturated heterocycles. The number of hydrogen-bond donors (Lipinski definition) is 2. The normalized spacial score (nSPS) is 17.1. The molecule has 10 heteroatoms. The second-order valence-corrected chi connectivity index (χ2v) is 9.55. The first kappa shape index (κ1) is 22.6. The van der Waals surface area contributed by atoms with Gasteiger partial charge >= 0.3 is 5.00 Å². The van der Waals surface area contributed by atoms with Crippen LogP contribution in [-0.2, 0) is 4.79 Å². The van der Waals surface area contributed by atoms with Gasteiger partial charge in [0.05, 0.1) is 15.8 Å². The van der Waals surface area contributed by atoms with Crippen molar-refractivity contribution < 1.29 is 14.5 Å². The summed E-state index contributed by atoms with van der Waals surface area (Å²) in [6.07, 6.45) is 0.703. The first-order valence-electron chi connectivity index (χ1n) is 9.42. The molecule has 2 amide bonds. The molecular formula is C18H28N4O4S2. The molecule has 2 heterocycles. The maximum absolute atomic E-state index is 12.5. The maximum atomic E-state index is 12.5.